The van der Waals surface area contributed by atoms with E-state index < -0.39 is 0 Å². The molecule has 1 amide bonds. The Morgan fingerprint density at radius 3 is 2.66 bits per heavy atom. The molecule has 4 rings (SSSR count). The highest BCUT2D eigenvalue weighted by Gasteiger charge is 2.29. The molecule has 154 valence electrons. The number of benzene rings is 2. The van der Waals surface area contributed by atoms with E-state index in [4.69, 9.17) is 9.47 Å². The number of nitrogens with zero attached hydrogens (tertiary/aromatic N) is 2. The molecule has 0 spiro atoms. The summed E-state index contributed by atoms with van der Waals surface area (Å²) in [5.41, 5.74) is 2.09. The van der Waals surface area contributed by atoms with Gasteiger partial charge in [0, 0.05) is 26.1 Å². The second-order valence-corrected chi connectivity index (χ2v) is 7.76. The predicted octanol–water partition coefficient (Wildman–Crippen LogP) is 3.78. The van der Waals surface area contributed by atoms with Crippen LogP contribution < -0.4 is 9.47 Å². The van der Waals surface area contributed by atoms with Crippen molar-refractivity contribution >= 4 is 5.91 Å². The van der Waals surface area contributed by atoms with Gasteiger partial charge < -0.3 is 14.4 Å². The second-order valence-electron chi connectivity index (χ2n) is 7.76. The van der Waals surface area contributed by atoms with Crippen molar-refractivity contribution in [1.82, 2.24) is 9.80 Å². The van der Waals surface area contributed by atoms with Gasteiger partial charge in [-0.3, -0.25) is 9.69 Å². The van der Waals surface area contributed by atoms with Gasteiger partial charge in [0.25, 0.3) is 0 Å². The van der Waals surface area contributed by atoms with Gasteiger partial charge in [-0.05, 0) is 54.8 Å². The van der Waals surface area contributed by atoms with Crippen molar-refractivity contribution in [2.75, 3.05) is 33.4 Å². The number of rotatable bonds is 5. The summed E-state index contributed by atoms with van der Waals surface area (Å²) in [6.07, 6.45) is 2.97. The number of hydrogen-bond donors (Lipinski definition) is 0. The van der Waals surface area contributed by atoms with Gasteiger partial charge in [0.05, 0.1) is 19.8 Å². The van der Waals surface area contributed by atoms with E-state index in [1.165, 1.54) is 17.7 Å². The molecule has 2 aromatic rings. The standard InChI is InChI=1S/C23H27FN2O3/c1-25(15-17-5-8-19(24)9-6-17)23(27)16-26-11-2-4-20(26)18-7-10-21-22(14-18)29-13-3-12-28-21/h5-10,14,20H,2-4,11-13,15-16H2,1H3. The Hall–Kier alpha value is -2.60. The van der Waals surface area contributed by atoms with Crippen LogP contribution in [0.2, 0.25) is 0 Å². The predicted molar refractivity (Wildman–Crippen MR) is 108 cm³/mol. The molecule has 2 aliphatic heterocycles. The van der Waals surface area contributed by atoms with E-state index in [0.29, 0.717) is 26.3 Å². The van der Waals surface area contributed by atoms with Crippen LogP contribution in [0.25, 0.3) is 0 Å². The van der Waals surface area contributed by atoms with Crippen molar-refractivity contribution in [3.05, 3.63) is 59.4 Å². The molecule has 0 bridgehead atoms. The molecule has 2 heterocycles. The van der Waals surface area contributed by atoms with E-state index >= 15 is 0 Å². The normalized spacial score (nSPS) is 19.0. The smallest absolute Gasteiger partial charge is 0.236 e. The van der Waals surface area contributed by atoms with Gasteiger partial charge in [-0.15, -0.1) is 0 Å². The number of amides is 1. The molecule has 1 fully saturated rings. The molecular formula is C23H27FN2O3. The van der Waals surface area contributed by atoms with Gasteiger partial charge in [-0.1, -0.05) is 18.2 Å². The van der Waals surface area contributed by atoms with Gasteiger partial charge >= 0.3 is 0 Å². The molecule has 2 aromatic carbocycles. The zero-order valence-corrected chi connectivity index (χ0v) is 16.8. The molecule has 0 N–H and O–H groups in total. The summed E-state index contributed by atoms with van der Waals surface area (Å²) in [7, 11) is 1.80. The van der Waals surface area contributed by atoms with Crippen LogP contribution in [0.5, 0.6) is 11.5 Å². The Kier molecular flexibility index (Phi) is 6.00. The lowest BCUT2D eigenvalue weighted by Crippen LogP contribution is -2.37. The number of ether oxygens (including phenoxy) is 2. The number of likely N-dealkylation sites (tertiary alicyclic amines) is 1. The Balaban J connectivity index is 1.41. The zero-order valence-electron chi connectivity index (χ0n) is 16.8. The van der Waals surface area contributed by atoms with Crippen molar-refractivity contribution < 1.29 is 18.7 Å². The van der Waals surface area contributed by atoms with Crippen LogP contribution in [-0.4, -0.2) is 49.1 Å². The molecule has 1 atom stereocenters. The highest BCUT2D eigenvalue weighted by atomic mass is 19.1. The lowest BCUT2D eigenvalue weighted by Gasteiger charge is -2.27. The fourth-order valence-electron chi connectivity index (χ4n) is 4.03. The van der Waals surface area contributed by atoms with Crippen molar-refractivity contribution in [3.8, 4) is 11.5 Å². The largest absolute Gasteiger partial charge is 0.490 e. The number of hydrogen-bond acceptors (Lipinski definition) is 4. The Labute approximate surface area is 171 Å². The minimum absolute atomic E-state index is 0.0653. The highest BCUT2D eigenvalue weighted by Crippen LogP contribution is 2.37. The summed E-state index contributed by atoms with van der Waals surface area (Å²) < 4.78 is 24.6. The maximum Gasteiger partial charge on any atom is 0.236 e. The quantitative estimate of drug-likeness (QED) is 0.769. The Morgan fingerprint density at radius 1 is 1.10 bits per heavy atom. The molecule has 0 aliphatic carbocycles. The highest BCUT2D eigenvalue weighted by molar-refractivity contribution is 5.78. The van der Waals surface area contributed by atoms with E-state index in [-0.39, 0.29) is 17.8 Å². The second kappa shape index (κ2) is 8.82. The minimum Gasteiger partial charge on any atom is -0.490 e. The van der Waals surface area contributed by atoms with Crippen LogP contribution in [0.4, 0.5) is 4.39 Å². The summed E-state index contributed by atoms with van der Waals surface area (Å²) in [6.45, 7) is 3.09. The maximum absolute atomic E-state index is 13.1. The van der Waals surface area contributed by atoms with E-state index in [1.807, 2.05) is 6.07 Å². The topological polar surface area (TPSA) is 42.0 Å². The summed E-state index contributed by atoms with van der Waals surface area (Å²) in [5, 5.41) is 0. The van der Waals surface area contributed by atoms with Gasteiger partial charge in [0.1, 0.15) is 5.82 Å². The van der Waals surface area contributed by atoms with Crippen LogP contribution in [-0.2, 0) is 11.3 Å². The van der Waals surface area contributed by atoms with Crippen LogP contribution in [0.15, 0.2) is 42.5 Å². The molecule has 2 aliphatic rings. The lowest BCUT2D eigenvalue weighted by molar-refractivity contribution is -0.131. The van der Waals surface area contributed by atoms with Crippen LogP contribution in [0.1, 0.15) is 36.4 Å². The van der Waals surface area contributed by atoms with Crippen molar-refractivity contribution in [2.24, 2.45) is 0 Å². The summed E-state index contributed by atoms with van der Waals surface area (Å²) in [6, 6.07) is 12.6. The number of carbonyl (C=O) groups is 1. The first-order valence-corrected chi connectivity index (χ1v) is 10.2. The number of halogens is 1. The molecule has 1 saturated heterocycles. The van der Waals surface area contributed by atoms with Crippen LogP contribution in [0.3, 0.4) is 0 Å². The molecule has 29 heavy (non-hydrogen) atoms. The summed E-state index contributed by atoms with van der Waals surface area (Å²) in [4.78, 5) is 16.7. The van der Waals surface area contributed by atoms with Gasteiger partial charge in [-0.2, -0.15) is 0 Å². The van der Waals surface area contributed by atoms with Crippen molar-refractivity contribution in [3.63, 3.8) is 0 Å². The van der Waals surface area contributed by atoms with Crippen molar-refractivity contribution in [1.29, 1.82) is 0 Å². The van der Waals surface area contributed by atoms with Crippen LogP contribution in [0, 0.1) is 5.82 Å². The molecular weight excluding hydrogens is 371 g/mol. The minimum atomic E-state index is -0.266. The number of carbonyl (C=O) groups excluding carboxylic acids is 1. The molecule has 0 radical (unpaired) electrons. The molecule has 0 aromatic heterocycles. The summed E-state index contributed by atoms with van der Waals surface area (Å²) in [5.74, 6) is 1.39. The van der Waals surface area contributed by atoms with E-state index in [0.717, 1.165) is 42.9 Å². The molecule has 6 heteroatoms. The third-order valence-corrected chi connectivity index (χ3v) is 5.62. The zero-order chi connectivity index (χ0) is 20.2. The molecule has 1 unspecified atom stereocenters. The number of likely N-dealkylation sites (N-methyl/N-ethyl adjacent to an activating group) is 1. The summed E-state index contributed by atoms with van der Waals surface area (Å²) >= 11 is 0. The van der Waals surface area contributed by atoms with Gasteiger partial charge in [-0.25, -0.2) is 4.39 Å². The van der Waals surface area contributed by atoms with E-state index in [1.54, 1.807) is 24.1 Å². The monoisotopic (exact) mass is 398 g/mol. The average molecular weight is 398 g/mol. The maximum atomic E-state index is 13.1. The number of fused-ring (bicyclic) bond motifs is 1. The van der Waals surface area contributed by atoms with Crippen LogP contribution >= 0.6 is 0 Å². The Morgan fingerprint density at radius 2 is 1.86 bits per heavy atom. The first kappa shape index (κ1) is 19.7. The van der Waals surface area contributed by atoms with E-state index in [9.17, 15) is 9.18 Å². The first-order chi connectivity index (χ1) is 14.1. The molecule has 0 saturated carbocycles. The Bertz CT molecular complexity index is 856. The first-order valence-electron chi connectivity index (χ1n) is 10.2. The van der Waals surface area contributed by atoms with Gasteiger partial charge in [0.2, 0.25) is 5.91 Å². The van der Waals surface area contributed by atoms with E-state index in [2.05, 4.69) is 17.0 Å². The SMILES string of the molecule is CN(Cc1ccc(F)cc1)C(=O)CN1CCCC1c1ccc2c(c1)OCCCO2. The average Bonchev–Trinajstić information content (AvgIpc) is 3.05. The third kappa shape index (κ3) is 4.70. The lowest BCUT2D eigenvalue weighted by atomic mass is 10.0. The fourth-order valence-corrected chi connectivity index (χ4v) is 4.03. The van der Waals surface area contributed by atoms with Gasteiger partial charge in [0.15, 0.2) is 11.5 Å². The van der Waals surface area contributed by atoms with Crippen molar-refractivity contribution in [2.45, 2.75) is 31.8 Å². The molecule has 5 nitrogen and oxygen atoms in total. The third-order valence-electron chi connectivity index (χ3n) is 5.62. The fraction of sp³-hybridized carbons (Fsp3) is 0.435.